The molecule has 1 aromatic heterocycles. The predicted octanol–water partition coefficient (Wildman–Crippen LogP) is 1.81. The maximum Gasteiger partial charge on any atom is 0.223 e. The van der Waals surface area contributed by atoms with Crippen LogP contribution < -0.4 is 15.8 Å². The molecule has 2 rings (SSSR count). The van der Waals surface area contributed by atoms with Crippen molar-refractivity contribution in [3.8, 4) is 5.75 Å². The first kappa shape index (κ1) is 13.4. The van der Waals surface area contributed by atoms with Gasteiger partial charge in [0.15, 0.2) is 0 Å². The first-order valence-electron chi connectivity index (χ1n) is 5.86. The first-order chi connectivity index (χ1) is 9.24. The Bertz CT molecular complexity index is 528. The van der Waals surface area contributed by atoms with Gasteiger partial charge in [-0.25, -0.2) is 0 Å². The van der Waals surface area contributed by atoms with E-state index in [2.05, 4.69) is 10.3 Å². The van der Waals surface area contributed by atoms with Gasteiger partial charge in [0.25, 0.3) is 0 Å². The number of nitrogen functional groups attached to an aromatic ring is 1. The lowest BCUT2D eigenvalue weighted by Crippen LogP contribution is -2.24. The molecule has 0 aliphatic heterocycles. The molecule has 0 radical (unpaired) electrons. The van der Waals surface area contributed by atoms with E-state index < -0.39 is 0 Å². The number of carbonyl (C=O) groups excluding carboxylic acids is 1. The average molecular weight is 277 g/mol. The van der Waals surface area contributed by atoms with E-state index in [1.54, 1.807) is 23.8 Å². The molecule has 0 saturated heterocycles. The van der Waals surface area contributed by atoms with Crippen molar-refractivity contribution in [1.29, 1.82) is 0 Å². The highest BCUT2D eigenvalue weighted by Gasteiger charge is 2.03. The number of hydrogen-bond donors (Lipinski definition) is 2. The summed E-state index contributed by atoms with van der Waals surface area (Å²) in [7, 11) is 0. The number of hydrogen-bond acceptors (Lipinski definition) is 5. The highest BCUT2D eigenvalue weighted by molar-refractivity contribution is 7.09. The SMILES string of the molecule is Nc1cccc(OCCC(=O)NCc2cncs2)c1. The number of aromatic nitrogens is 1. The molecule has 0 unspecified atom stereocenters. The molecular weight excluding hydrogens is 262 g/mol. The second-order valence-corrected chi connectivity index (χ2v) is 4.89. The fourth-order valence-corrected chi connectivity index (χ4v) is 2.00. The Morgan fingerprint density at radius 3 is 3.11 bits per heavy atom. The van der Waals surface area contributed by atoms with Crippen LogP contribution >= 0.6 is 11.3 Å². The molecule has 100 valence electrons. The minimum absolute atomic E-state index is 0.0442. The van der Waals surface area contributed by atoms with E-state index in [1.165, 1.54) is 11.3 Å². The van der Waals surface area contributed by atoms with Crippen molar-refractivity contribution in [3.63, 3.8) is 0 Å². The van der Waals surface area contributed by atoms with Gasteiger partial charge in [-0.2, -0.15) is 0 Å². The van der Waals surface area contributed by atoms with E-state index in [9.17, 15) is 4.79 Å². The van der Waals surface area contributed by atoms with Gasteiger partial charge in [0.05, 0.1) is 25.1 Å². The van der Waals surface area contributed by atoms with Gasteiger partial charge in [-0.15, -0.1) is 11.3 Å². The Hall–Kier alpha value is -2.08. The third kappa shape index (κ3) is 4.59. The summed E-state index contributed by atoms with van der Waals surface area (Å²) in [6.45, 7) is 0.847. The maximum atomic E-state index is 11.6. The molecule has 5 nitrogen and oxygen atoms in total. The van der Waals surface area contributed by atoms with E-state index in [1.807, 2.05) is 12.1 Å². The number of benzene rings is 1. The fraction of sp³-hybridized carbons (Fsp3) is 0.231. The molecule has 1 heterocycles. The normalized spacial score (nSPS) is 10.1. The van der Waals surface area contributed by atoms with Crippen molar-refractivity contribution < 1.29 is 9.53 Å². The zero-order valence-corrected chi connectivity index (χ0v) is 11.2. The Labute approximate surface area is 115 Å². The smallest absolute Gasteiger partial charge is 0.223 e. The third-order valence-electron chi connectivity index (χ3n) is 2.40. The van der Waals surface area contributed by atoms with Gasteiger partial charge in [0, 0.05) is 22.8 Å². The van der Waals surface area contributed by atoms with E-state index in [0.29, 0.717) is 31.0 Å². The van der Waals surface area contributed by atoms with Crippen LogP contribution in [0.1, 0.15) is 11.3 Å². The molecule has 0 aliphatic rings. The van der Waals surface area contributed by atoms with Crippen molar-refractivity contribution >= 4 is 22.9 Å². The quantitative estimate of drug-likeness (QED) is 0.789. The lowest BCUT2D eigenvalue weighted by Gasteiger charge is -2.07. The van der Waals surface area contributed by atoms with Gasteiger partial charge in [-0.05, 0) is 12.1 Å². The number of thiazole rings is 1. The van der Waals surface area contributed by atoms with E-state index in [0.717, 1.165) is 4.88 Å². The monoisotopic (exact) mass is 277 g/mol. The molecule has 1 amide bonds. The van der Waals surface area contributed by atoms with Crippen molar-refractivity contribution in [2.45, 2.75) is 13.0 Å². The summed E-state index contributed by atoms with van der Waals surface area (Å²) in [5, 5.41) is 2.81. The summed E-state index contributed by atoms with van der Waals surface area (Å²) < 4.78 is 5.44. The predicted molar refractivity (Wildman–Crippen MR) is 74.9 cm³/mol. The van der Waals surface area contributed by atoms with Gasteiger partial charge in [0.1, 0.15) is 5.75 Å². The Kier molecular flexibility index (Phi) is 4.74. The number of rotatable bonds is 6. The number of nitrogens with one attached hydrogen (secondary N) is 1. The third-order valence-corrected chi connectivity index (χ3v) is 3.18. The molecule has 0 atom stereocenters. The average Bonchev–Trinajstić information content (AvgIpc) is 2.89. The number of nitrogens with two attached hydrogens (primary N) is 1. The molecule has 2 aromatic rings. The second kappa shape index (κ2) is 6.75. The second-order valence-electron chi connectivity index (χ2n) is 3.92. The molecule has 0 spiro atoms. The first-order valence-corrected chi connectivity index (χ1v) is 6.74. The Balaban J connectivity index is 1.66. The minimum Gasteiger partial charge on any atom is -0.493 e. The number of amides is 1. The van der Waals surface area contributed by atoms with Crippen molar-refractivity contribution in [2.75, 3.05) is 12.3 Å². The highest BCUT2D eigenvalue weighted by atomic mass is 32.1. The Morgan fingerprint density at radius 1 is 1.47 bits per heavy atom. The zero-order chi connectivity index (χ0) is 13.5. The van der Waals surface area contributed by atoms with Crippen molar-refractivity contribution in [1.82, 2.24) is 10.3 Å². The van der Waals surface area contributed by atoms with E-state index in [-0.39, 0.29) is 5.91 Å². The van der Waals surface area contributed by atoms with Crippen molar-refractivity contribution in [3.05, 3.63) is 40.8 Å². The standard InChI is InChI=1S/C13H15N3O2S/c14-10-2-1-3-11(6-10)18-5-4-13(17)16-8-12-7-15-9-19-12/h1-3,6-7,9H,4-5,8,14H2,(H,16,17). The van der Waals surface area contributed by atoms with Gasteiger partial charge < -0.3 is 15.8 Å². The van der Waals surface area contributed by atoms with Crippen molar-refractivity contribution in [2.24, 2.45) is 0 Å². The molecule has 19 heavy (non-hydrogen) atoms. The van der Waals surface area contributed by atoms with Crippen LogP contribution in [0.25, 0.3) is 0 Å². The topological polar surface area (TPSA) is 77.2 Å². The summed E-state index contributed by atoms with van der Waals surface area (Å²) >= 11 is 1.52. The molecule has 6 heteroatoms. The summed E-state index contributed by atoms with van der Waals surface area (Å²) in [6, 6.07) is 7.14. The van der Waals surface area contributed by atoms with Gasteiger partial charge in [0.2, 0.25) is 5.91 Å². The van der Waals surface area contributed by atoms with Gasteiger partial charge >= 0.3 is 0 Å². The van der Waals surface area contributed by atoms with E-state index in [4.69, 9.17) is 10.5 Å². The molecular formula is C13H15N3O2S. The largest absolute Gasteiger partial charge is 0.493 e. The van der Waals surface area contributed by atoms with Crippen LogP contribution in [0.3, 0.4) is 0 Å². The molecule has 0 fully saturated rings. The highest BCUT2D eigenvalue weighted by Crippen LogP contribution is 2.14. The van der Waals surface area contributed by atoms with Crippen LogP contribution in [0.15, 0.2) is 36.0 Å². The van der Waals surface area contributed by atoms with Crippen LogP contribution in [0.4, 0.5) is 5.69 Å². The van der Waals surface area contributed by atoms with Crippen LogP contribution in [-0.4, -0.2) is 17.5 Å². The lowest BCUT2D eigenvalue weighted by atomic mass is 10.3. The zero-order valence-electron chi connectivity index (χ0n) is 10.3. The number of carbonyl (C=O) groups is 1. The number of anilines is 1. The van der Waals surface area contributed by atoms with Crippen LogP contribution in [0.2, 0.25) is 0 Å². The minimum atomic E-state index is -0.0442. The van der Waals surface area contributed by atoms with Gasteiger partial charge in [-0.1, -0.05) is 6.07 Å². The summed E-state index contributed by atoms with van der Waals surface area (Å²) in [4.78, 5) is 16.5. The Morgan fingerprint density at radius 2 is 2.37 bits per heavy atom. The van der Waals surface area contributed by atoms with E-state index >= 15 is 0 Å². The summed E-state index contributed by atoms with van der Waals surface area (Å²) in [6.07, 6.45) is 2.06. The van der Waals surface area contributed by atoms with Crippen LogP contribution in [0.5, 0.6) is 5.75 Å². The lowest BCUT2D eigenvalue weighted by molar-refractivity contribution is -0.121. The van der Waals surface area contributed by atoms with Gasteiger partial charge in [-0.3, -0.25) is 9.78 Å². The maximum absolute atomic E-state index is 11.6. The fourth-order valence-electron chi connectivity index (χ4n) is 1.47. The van der Waals surface area contributed by atoms with Crippen LogP contribution in [-0.2, 0) is 11.3 Å². The number of nitrogens with zero attached hydrogens (tertiary/aromatic N) is 1. The molecule has 0 saturated carbocycles. The molecule has 0 aliphatic carbocycles. The summed E-state index contributed by atoms with van der Waals surface area (Å²) in [5.74, 6) is 0.632. The summed E-state index contributed by atoms with van der Waals surface area (Å²) in [5.41, 5.74) is 8.01. The number of ether oxygens (including phenoxy) is 1. The molecule has 1 aromatic carbocycles. The molecule has 0 bridgehead atoms. The molecule has 3 N–H and O–H groups in total. The van der Waals surface area contributed by atoms with Crippen LogP contribution in [0, 0.1) is 0 Å².